The van der Waals surface area contributed by atoms with Crippen molar-refractivity contribution in [3.8, 4) is 20.9 Å². The molecule has 0 nitrogen and oxygen atoms in total. The number of thiophene rings is 2. The van der Waals surface area contributed by atoms with Gasteiger partial charge in [-0.15, -0.1) is 46.2 Å². The molecular formula is C34H40S4. The molecule has 2 aromatic heterocycles. The van der Waals surface area contributed by atoms with Crippen molar-refractivity contribution >= 4 is 58.3 Å². The van der Waals surface area contributed by atoms with Gasteiger partial charge in [0.25, 0.3) is 0 Å². The third-order valence-electron chi connectivity index (χ3n) is 6.51. The van der Waals surface area contributed by atoms with Crippen LogP contribution in [0.2, 0.25) is 0 Å². The summed E-state index contributed by atoms with van der Waals surface area (Å²) in [6.45, 7) is 4.54. The van der Waals surface area contributed by atoms with Gasteiger partial charge in [0.2, 0.25) is 0 Å². The number of hydrogen-bond donors (Lipinski definition) is 0. The van der Waals surface area contributed by atoms with Crippen molar-refractivity contribution < 1.29 is 0 Å². The highest BCUT2D eigenvalue weighted by molar-refractivity contribution is 8.01. The number of benzene rings is 2. The lowest BCUT2D eigenvalue weighted by atomic mass is 10.1. The van der Waals surface area contributed by atoms with E-state index in [-0.39, 0.29) is 0 Å². The van der Waals surface area contributed by atoms with Crippen LogP contribution in [0.25, 0.3) is 33.0 Å². The summed E-state index contributed by atoms with van der Waals surface area (Å²) in [5.41, 5.74) is 5.09. The summed E-state index contributed by atoms with van der Waals surface area (Å²) >= 11 is 7.85. The van der Waals surface area contributed by atoms with E-state index in [2.05, 4.69) is 98.8 Å². The van der Waals surface area contributed by atoms with E-state index in [1.807, 2.05) is 46.2 Å². The van der Waals surface area contributed by atoms with Crippen molar-refractivity contribution in [2.45, 2.75) is 73.6 Å². The molecule has 200 valence electrons. The average Bonchev–Trinajstić information content (AvgIpc) is 3.63. The fourth-order valence-electron chi connectivity index (χ4n) is 4.22. The van der Waals surface area contributed by atoms with Crippen LogP contribution < -0.4 is 0 Å². The predicted molar refractivity (Wildman–Crippen MR) is 178 cm³/mol. The fourth-order valence-corrected chi connectivity index (χ4v) is 8.64. The van der Waals surface area contributed by atoms with Crippen LogP contribution in [0.3, 0.4) is 0 Å². The van der Waals surface area contributed by atoms with Crippen molar-refractivity contribution in [2.75, 3.05) is 11.5 Å². The molecule has 0 bridgehead atoms. The quantitative estimate of drug-likeness (QED) is 0.0739. The van der Waals surface area contributed by atoms with E-state index in [0.29, 0.717) is 0 Å². The summed E-state index contributed by atoms with van der Waals surface area (Å²) < 4.78 is 2.87. The maximum absolute atomic E-state index is 2.28. The van der Waals surface area contributed by atoms with E-state index in [1.165, 1.54) is 103 Å². The molecule has 0 aliphatic heterocycles. The SMILES string of the molecule is CCCCCCSc1ccc(-c2ccc(/C=C/c3ccc(-c4ccc(SCCCCCC)s4)cc3)cc2)s1. The Morgan fingerprint density at radius 3 is 1.32 bits per heavy atom. The molecule has 0 aliphatic carbocycles. The van der Waals surface area contributed by atoms with Gasteiger partial charge in [-0.05, 0) is 70.9 Å². The van der Waals surface area contributed by atoms with Crippen LogP contribution in [0.5, 0.6) is 0 Å². The van der Waals surface area contributed by atoms with E-state index in [0.717, 1.165) is 0 Å². The van der Waals surface area contributed by atoms with Crippen LogP contribution in [-0.4, -0.2) is 11.5 Å². The molecule has 0 N–H and O–H groups in total. The predicted octanol–water partition coefficient (Wildman–Crippen LogP) is 12.7. The highest BCUT2D eigenvalue weighted by Gasteiger charge is 2.05. The zero-order valence-corrected chi connectivity index (χ0v) is 26.1. The molecule has 0 aliphatic rings. The summed E-state index contributed by atoms with van der Waals surface area (Å²) in [6.07, 6.45) is 15.1. The van der Waals surface area contributed by atoms with Gasteiger partial charge in [-0.2, -0.15) is 0 Å². The summed E-state index contributed by atoms with van der Waals surface area (Å²) in [5, 5.41) is 0. The Balaban J connectivity index is 1.26. The first-order valence-corrected chi connectivity index (χ1v) is 17.7. The van der Waals surface area contributed by atoms with Crippen LogP contribution in [-0.2, 0) is 0 Å². The van der Waals surface area contributed by atoms with Crippen molar-refractivity contribution in [2.24, 2.45) is 0 Å². The first kappa shape index (κ1) is 29.3. The second kappa shape index (κ2) is 16.4. The van der Waals surface area contributed by atoms with Crippen LogP contribution in [0.15, 0.2) is 81.2 Å². The molecule has 4 aromatic rings. The van der Waals surface area contributed by atoms with Crippen molar-refractivity contribution in [1.29, 1.82) is 0 Å². The minimum atomic E-state index is 1.23. The Morgan fingerprint density at radius 2 is 0.921 bits per heavy atom. The van der Waals surface area contributed by atoms with Crippen LogP contribution in [0.1, 0.15) is 76.3 Å². The highest BCUT2D eigenvalue weighted by atomic mass is 32.2. The summed E-state index contributed by atoms with van der Waals surface area (Å²) in [4.78, 5) is 2.72. The van der Waals surface area contributed by atoms with E-state index in [4.69, 9.17) is 0 Å². The van der Waals surface area contributed by atoms with Crippen molar-refractivity contribution in [1.82, 2.24) is 0 Å². The molecular weight excluding hydrogens is 537 g/mol. The second-order valence-electron chi connectivity index (χ2n) is 9.63. The minimum Gasteiger partial charge on any atom is -0.129 e. The van der Waals surface area contributed by atoms with Gasteiger partial charge >= 0.3 is 0 Å². The van der Waals surface area contributed by atoms with Gasteiger partial charge in [0.15, 0.2) is 0 Å². The molecule has 0 saturated heterocycles. The molecule has 0 unspecified atom stereocenters. The maximum Gasteiger partial charge on any atom is 0.0605 e. The van der Waals surface area contributed by atoms with Gasteiger partial charge in [0.05, 0.1) is 8.42 Å². The summed E-state index contributed by atoms with van der Waals surface area (Å²) in [5.74, 6) is 2.47. The van der Waals surface area contributed by atoms with Crippen molar-refractivity contribution in [3.63, 3.8) is 0 Å². The van der Waals surface area contributed by atoms with Crippen LogP contribution in [0, 0.1) is 0 Å². The van der Waals surface area contributed by atoms with Gasteiger partial charge in [-0.25, -0.2) is 0 Å². The average molecular weight is 577 g/mol. The number of unbranched alkanes of at least 4 members (excludes halogenated alkanes) is 6. The van der Waals surface area contributed by atoms with E-state index < -0.39 is 0 Å². The Hall–Kier alpha value is -1.72. The second-order valence-corrected chi connectivity index (χ2v) is 14.6. The zero-order chi connectivity index (χ0) is 26.4. The molecule has 0 fully saturated rings. The molecule has 4 heteroatoms. The molecule has 38 heavy (non-hydrogen) atoms. The number of thioether (sulfide) groups is 2. The number of hydrogen-bond acceptors (Lipinski definition) is 4. The van der Waals surface area contributed by atoms with Gasteiger partial charge < -0.3 is 0 Å². The van der Waals surface area contributed by atoms with Crippen LogP contribution >= 0.6 is 46.2 Å². The minimum absolute atomic E-state index is 1.23. The largest absolute Gasteiger partial charge is 0.129 e. The fraction of sp³-hybridized carbons (Fsp3) is 0.353. The van der Waals surface area contributed by atoms with E-state index >= 15 is 0 Å². The molecule has 0 radical (unpaired) electrons. The smallest absolute Gasteiger partial charge is 0.0605 e. The Labute approximate surface area is 247 Å². The number of rotatable bonds is 16. The lowest BCUT2D eigenvalue weighted by molar-refractivity contribution is 0.706. The van der Waals surface area contributed by atoms with Gasteiger partial charge in [-0.1, -0.05) is 113 Å². The zero-order valence-electron chi connectivity index (χ0n) is 22.8. The van der Waals surface area contributed by atoms with Gasteiger partial charge in [-0.3, -0.25) is 0 Å². The molecule has 4 rings (SSSR count). The normalized spacial score (nSPS) is 11.5. The highest BCUT2D eigenvalue weighted by Crippen LogP contribution is 2.36. The molecule has 0 saturated carbocycles. The molecule has 0 spiro atoms. The van der Waals surface area contributed by atoms with Gasteiger partial charge in [0.1, 0.15) is 0 Å². The molecule has 0 amide bonds. The first-order valence-electron chi connectivity index (χ1n) is 14.1. The van der Waals surface area contributed by atoms with E-state index in [1.54, 1.807) is 0 Å². The Kier molecular flexibility index (Phi) is 12.6. The lowest BCUT2D eigenvalue weighted by Gasteiger charge is -2.01. The maximum atomic E-state index is 2.28. The topological polar surface area (TPSA) is 0 Å². The van der Waals surface area contributed by atoms with Crippen molar-refractivity contribution in [3.05, 3.63) is 83.9 Å². The summed E-state index contributed by atoms with van der Waals surface area (Å²) in [7, 11) is 0. The standard InChI is InChI=1S/C34H40S4/c1-3-5-7-9-25-35-33-23-21-31(37-33)29-17-13-27(14-18-29)11-12-28-15-19-30(20-16-28)32-22-24-34(38-32)36-26-10-8-6-4-2/h11-24H,3-10,25-26H2,1-2H3/b12-11+. The monoisotopic (exact) mass is 576 g/mol. The first-order chi connectivity index (χ1) is 18.7. The van der Waals surface area contributed by atoms with Gasteiger partial charge in [0, 0.05) is 9.75 Å². The third kappa shape index (κ3) is 9.48. The molecule has 0 atom stereocenters. The summed E-state index contributed by atoms with van der Waals surface area (Å²) in [6, 6.07) is 27.0. The Bertz CT molecular complexity index is 1130. The third-order valence-corrected chi connectivity index (χ3v) is 11.4. The molecule has 2 heterocycles. The molecule has 2 aromatic carbocycles. The van der Waals surface area contributed by atoms with Crippen LogP contribution in [0.4, 0.5) is 0 Å². The lowest BCUT2D eigenvalue weighted by Crippen LogP contribution is -1.79. The Morgan fingerprint density at radius 1 is 0.500 bits per heavy atom. The van der Waals surface area contributed by atoms with E-state index in [9.17, 15) is 0 Å².